The lowest BCUT2D eigenvalue weighted by molar-refractivity contribution is 0.581. The summed E-state index contributed by atoms with van der Waals surface area (Å²) in [5, 5.41) is 0. The van der Waals surface area contributed by atoms with Crippen molar-refractivity contribution in [3.05, 3.63) is 99.1 Å². The average Bonchev–Trinajstić information content (AvgIpc) is 2.75. The third-order valence-corrected chi connectivity index (χ3v) is 7.96. The van der Waals surface area contributed by atoms with Crippen LogP contribution in [0.25, 0.3) is 0 Å². The number of rotatable bonds is 1. The molecule has 3 aromatic carbocycles. The Bertz CT molecular complexity index is 1300. The molecule has 0 radical (unpaired) electrons. The molecule has 0 aliphatic heterocycles. The maximum Gasteiger partial charge on any atom is 0.175 e. The van der Waals surface area contributed by atoms with Gasteiger partial charge in [0.25, 0.3) is 0 Å². The van der Waals surface area contributed by atoms with Crippen LogP contribution in [0, 0.1) is 34.6 Å². The highest BCUT2D eigenvalue weighted by Crippen LogP contribution is 2.28. The second-order valence-corrected chi connectivity index (χ2v) is 16.2. The summed E-state index contributed by atoms with van der Waals surface area (Å²) < 4.78 is 22.8. The summed E-state index contributed by atoms with van der Waals surface area (Å²) in [6, 6.07) is 18.6. The van der Waals surface area contributed by atoms with Gasteiger partial charge in [0.1, 0.15) is 0 Å². The molecule has 0 spiro atoms. The van der Waals surface area contributed by atoms with Gasteiger partial charge in [-0.05, 0) is 96.4 Å². The van der Waals surface area contributed by atoms with Crippen molar-refractivity contribution < 1.29 is 8.42 Å². The van der Waals surface area contributed by atoms with E-state index in [1.54, 1.807) is 12.1 Å². The Labute approximate surface area is 241 Å². The van der Waals surface area contributed by atoms with Crippen LogP contribution in [-0.4, -0.2) is 14.7 Å². The highest BCUT2D eigenvalue weighted by molar-refractivity contribution is 7.90. The average molecular weight is 551 g/mol. The monoisotopic (exact) mass is 550 g/mol. The van der Waals surface area contributed by atoms with Gasteiger partial charge < -0.3 is 0 Å². The highest BCUT2D eigenvalue weighted by atomic mass is 32.2. The standard InChI is InChI=1S/C12H18O2S.2C12H18/c1-9-6-7-10(15(5,13)14)8-11(9)12(2,3)4;2*1-9-6-7-10(2)11(8-9)12(3,4)5/h6-8H,1-5H3;2*6-8H,1-5H3. The molecular formula is C36H54O2S. The molecule has 0 aromatic heterocycles. The van der Waals surface area contributed by atoms with Crippen molar-refractivity contribution in [1.82, 2.24) is 0 Å². The normalized spacial score (nSPS) is 12.2. The number of sulfone groups is 1. The highest BCUT2D eigenvalue weighted by Gasteiger charge is 2.19. The number of hydrogen-bond acceptors (Lipinski definition) is 2. The zero-order valence-electron chi connectivity index (χ0n) is 27.4. The van der Waals surface area contributed by atoms with Crippen LogP contribution in [0.4, 0.5) is 0 Å². The summed E-state index contributed by atoms with van der Waals surface area (Å²) in [5.41, 5.74) is 11.2. The van der Waals surface area contributed by atoms with E-state index in [2.05, 4.69) is 126 Å². The fourth-order valence-electron chi connectivity index (χ4n) is 4.73. The Morgan fingerprint density at radius 2 is 0.744 bits per heavy atom. The van der Waals surface area contributed by atoms with E-state index in [4.69, 9.17) is 0 Å². The Hall–Kier alpha value is -2.39. The third kappa shape index (κ3) is 11.0. The lowest BCUT2D eigenvalue weighted by atomic mass is 9.83. The fourth-order valence-corrected chi connectivity index (χ4v) is 5.37. The van der Waals surface area contributed by atoms with Gasteiger partial charge in [0, 0.05) is 6.26 Å². The number of hydrogen-bond donors (Lipinski definition) is 0. The zero-order valence-corrected chi connectivity index (χ0v) is 28.2. The first-order valence-corrected chi connectivity index (χ1v) is 15.8. The molecule has 0 N–H and O–H groups in total. The largest absolute Gasteiger partial charge is 0.224 e. The summed E-state index contributed by atoms with van der Waals surface area (Å²) >= 11 is 0. The molecule has 3 aromatic rings. The molecule has 0 aliphatic carbocycles. The van der Waals surface area contributed by atoms with E-state index in [0.29, 0.717) is 4.90 Å². The molecule has 3 rings (SSSR count). The SMILES string of the molecule is Cc1ccc(C)c(C(C)(C)C)c1.Cc1ccc(C)c(C(C)(C)C)c1.Cc1ccc(S(C)(=O)=O)cc1C(C)(C)C. The predicted molar refractivity (Wildman–Crippen MR) is 172 cm³/mol. The molecule has 0 heterocycles. The van der Waals surface area contributed by atoms with Crippen LogP contribution in [0.1, 0.15) is 107 Å². The molecule has 0 amide bonds. The molecule has 0 saturated carbocycles. The first kappa shape index (κ1) is 34.6. The van der Waals surface area contributed by atoms with Gasteiger partial charge in [0.15, 0.2) is 9.84 Å². The van der Waals surface area contributed by atoms with Gasteiger partial charge >= 0.3 is 0 Å². The molecule has 0 saturated heterocycles. The molecule has 39 heavy (non-hydrogen) atoms. The summed E-state index contributed by atoms with van der Waals surface area (Å²) in [7, 11) is -3.10. The molecule has 3 heteroatoms. The minimum Gasteiger partial charge on any atom is -0.224 e. The van der Waals surface area contributed by atoms with Crippen LogP contribution < -0.4 is 0 Å². The van der Waals surface area contributed by atoms with Crippen LogP contribution in [-0.2, 0) is 26.1 Å². The number of aryl methyl sites for hydroxylation is 5. The Kier molecular flexibility index (Phi) is 11.4. The topological polar surface area (TPSA) is 34.1 Å². The van der Waals surface area contributed by atoms with Crippen molar-refractivity contribution in [3.63, 3.8) is 0 Å². The van der Waals surface area contributed by atoms with Crippen molar-refractivity contribution in [2.24, 2.45) is 0 Å². The molecule has 0 aliphatic rings. The van der Waals surface area contributed by atoms with Crippen LogP contribution >= 0.6 is 0 Å². The van der Waals surface area contributed by atoms with Gasteiger partial charge in [0.05, 0.1) is 4.90 Å². The summed E-state index contributed by atoms with van der Waals surface area (Å²) in [6.45, 7) is 30.5. The predicted octanol–water partition coefficient (Wildman–Crippen LogP) is 9.90. The summed E-state index contributed by atoms with van der Waals surface area (Å²) in [5.74, 6) is 0. The van der Waals surface area contributed by atoms with Gasteiger partial charge in [-0.15, -0.1) is 0 Å². The van der Waals surface area contributed by atoms with E-state index < -0.39 is 9.84 Å². The molecule has 0 bridgehead atoms. The molecule has 0 fully saturated rings. The van der Waals surface area contributed by atoms with Crippen molar-refractivity contribution in [2.45, 2.75) is 118 Å². The smallest absolute Gasteiger partial charge is 0.175 e. The lowest BCUT2D eigenvalue weighted by Crippen LogP contribution is -2.14. The van der Waals surface area contributed by atoms with Crippen molar-refractivity contribution >= 4 is 9.84 Å². The first-order chi connectivity index (χ1) is 17.4. The van der Waals surface area contributed by atoms with E-state index in [0.717, 1.165) is 11.1 Å². The first-order valence-electron chi connectivity index (χ1n) is 13.9. The van der Waals surface area contributed by atoms with Crippen molar-refractivity contribution in [3.8, 4) is 0 Å². The van der Waals surface area contributed by atoms with Gasteiger partial charge in [-0.25, -0.2) is 8.42 Å². The van der Waals surface area contributed by atoms with Crippen molar-refractivity contribution in [1.29, 1.82) is 0 Å². The summed E-state index contributed by atoms with van der Waals surface area (Å²) in [4.78, 5) is 0.401. The molecule has 0 unspecified atom stereocenters. The Balaban J connectivity index is 0.000000295. The maximum absolute atomic E-state index is 11.4. The van der Waals surface area contributed by atoms with E-state index in [1.165, 1.54) is 39.6 Å². The Morgan fingerprint density at radius 1 is 0.462 bits per heavy atom. The van der Waals surface area contributed by atoms with Crippen molar-refractivity contribution in [2.75, 3.05) is 6.26 Å². The molecular weight excluding hydrogens is 496 g/mol. The van der Waals surface area contributed by atoms with Gasteiger partial charge in [0.2, 0.25) is 0 Å². The van der Waals surface area contributed by atoms with E-state index in [9.17, 15) is 8.42 Å². The van der Waals surface area contributed by atoms with Crippen LogP contribution in [0.2, 0.25) is 0 Å². The second kappa shape index (κ2) is 12.9. The molecule has 0 atom stereocenters. The maximum atomic E-state index is 11.4. The third-order valence-electron chi connectivity index (χ3n) is 6.85. The van der Waals surface area contributed by atoms with Crippen LogP contribution in [0.15, 0.2) is 59.5 Å². The minimum atomic E-state index is -3.10. The quantitative estimate of drug-likeness (QED) is 0.302. The number of benzene rings is 3. The van der Waals surface area contributed by atoms with E-state index in [-0.39, 0.29) is 16.2 Å². The van der Waals surface area contributed by atoms with E-state index in [1.807, 2.05) is 13.0 Å². The van der Waals surface area contributed by atoms with Gasteiger partial charge in [-0.3, -0.25) is 0 Å². The van der Waals surface area contributed by atoms with Gasteiger partial charge in [-0.2, -0.15) is 0 Å². The Morgan fingerprint density at radius 3 is 1.00 bits per heavy atom. The second-order valence-electron chi connectivity index (χ2n) is 14.1. The minimum absolute atomic E-state index is 0.0230. The van der Waals surface area contributed by atoms with E-state index >= 15 is 0 Å². The molecule has 2 nitrogen and oxygen atoms in total. The summed E-state index contributed by atoms with van der Waals surface area (Å²) in [6.07, 6.45) is 1.24. The zero-order chi connectivity index (χ0) is 30.6. The fraction of sp³-hybridized carbons (Fsp3) is 0.500. The van der Waals surface area contributed by atoms with Crippen LogP contribution in [0.5, 0.6) is 0 Å². The van der Waals surface area contributed by atoms with Crippen LogP contribution in [0.3, 0.4) is 0 Å². The van der Waals surface area contributed by atoms with Gasteiger partial charge in [-0.1, -0.05) is 116 Å². The lowest BCUT2D eigenvalue weighted by Gasteiger charge is -2.22. The molecule has 216 valence electrons.